The smallest absolute Gasteiger partial charge is 0.400 e. The molecule has 0 saturated carbocycles. The predicted octanol–water partition coefficient (Wildman–Crippen LogP) is 2.70. The van der Waals surface area contributed by atoms with Crippen LogP contribution in [-0.2, 0) is 9.31 Å². The highest BCUT2D eigenvalue weighted by molar-refractivity contribution is 6.55. The summed E-state index contributed by atoms with van der Waals surface area (Å²) in [5, 5.41) is 7.58. The molecular formula is C16H28BN3O2. The molecule has 5 nitrogen and oxygen atoms in total. The third kappa shape index (κ3) is 3.45. The molecule has 0 aliphatic carbocycles. The third-order valence-electron chi connectivity index (χ3n) is 4.44. The fourth-order valence-corrected chi connectivity index (χ4v) is 2.32. The summed E-state index contributed by atoms with van der Waals surface area (Å²) >= 11 is 0. The summed E-state index contributed by atoms with van der Waals surface area (Å²) in [7, 11) is 1.59. The van der Waals surface area contributed by atoms with E-state index in [1.54, 1.807) is 0 Å². The molecule has 0 unspecified atom stereocenters. The summed E-state index contributed by atoms with van der Waals surface area (Å²) in [5.74, 6) is 0. The van der Waals surface area contributed by atoms with Gasteiger partial charge in [0.25, 0.3) is 0 Å². The van der Waals surface area contributed by atoms with Gasteiger partial charge in [0.1, 0.15) is 0 Å². The molecule has 1 N–H and O–H groups in total. The van der Waals surface area contributed by atoms with Crippen LogP contribution in [0.1, 0.15) is 53.1 Å². The summed E-state index contributed by atoms with van der Waals surface area (Å²) in [6.07, 6.45) is 6.02. The molecule has 0 atom stereocenters. The quantitative estimate of drug-likeness (QED) is 0.850. The second-order valence-electron chi connectivity index (χ2n) is 7.19. The van der Waals surface area contributed by atoms with Gasteiger partial charge in [-0.05, 0) is 54.1 Å². The Morgan fingerprint density at radius 3 is 2.36 bits per heavy atom. The number of nitrogens with one attached hydrogen (secondary N) is 1. The molecule has 0 aromatic carbocycles. The number of rotatable bonds is 5. The molecule has 122 valence electrons. The average molecular weight is 305 g/mol. The van der Waals surface area contributed by atoms with Crippen LogP contribution in [-0.4, -0.2) is 41.7 Å². The first-order valence-corrected chi connectivity index (χ1v) is 7.91. The Bertz CT molecular complexity index is 533. The monoisotopic (exact) mass is 305 g/mol. The van der Waals surface area contributed by atoms with Crippen molar-refractivity contribution in [3.63, 3.8) is 0 Å². The van der Waals surface area contributed by atoms with Crippen LogP contribution in [0.5, 0.6) is 0 Å². The van der Waals surface area contributed by atoms with E-state index in [9.17, 15) is 0 Å². The van der Waals surface area contributed by atoms with Gasteiger partial charge in [-0.1, -0.05) is 6.08 Å². The number of nitrogens with zero attached hydrogens (tertiary/aromatic N) is 2. The molecule has 6 heteroatoms. The average Bonchev–Trinajstić information content (AvgIpc) is 2.92. The number of hydrogen-bond donors (Lipinski definition) is 1. The van der Waals surface area contributed by atoms with E-state index in [0.29, 0.717) is 12.6 Å². The SMILES string of the molecule is CNCC(=Cc1cnn(C(C)C)c1)B1OC(C)(C)C(C)(C)O1. The molecule has 2 rings (SSSR count). The van der Waals surface area contributed by atoms with Gasteiger partial charge in [0.2, 0.25) is 0 Å². The lowest BCUT2D eigenvalue weighted by Gasteiger charge is -2.32. The van der Waals surface area contributed by atoms with Crippen LogP contribution in [0, 0.1) is 0 Å². The van der Waals surface area contributed by atoms with Crippen molar-refractivity contribution in [1.29, 1.82) is 0 Å². The Labute approximate surface area is 134 Å². The van der Waals surface area contributed by atoms with Crippen molar-refractivity contribution in [2.75, 3.05) is 13.6 Å². The van der Waals surface area contributed by atoms with Crippen LogP contribution < -0.4 is 5.32 Å². The fraction of sp³-hybridized carbons (Fsp3) is 0.688. The van der Waals surface area contributed by atoms with E-state index >= 15 is 0 Å². The summed E-state index contributed by atoms with van der Waals surface area (Å²) in [6, 6.07) is 0.353. The van der Waals surface area contributed by atoms with Crippen molar-refractivity contribution in [3.05, 3.63) is 23.4 Å². The van der Waals surface area contributed by atoms with Crippen LogP contribution >= 0.6 is 0 Å². The molecule has 0 radical (unpaired) electrons. The van der Waals surface area contributed by atoms with E-state index in [4.69, 9.17) is 9.31 Å². The van der Waals surface area contributed by atoms with E-state index in [0.717, 1.165) is 11.0 Å². The minimum Gasteiger partial charge on any atom is -0.400 e. The van der Waals surface area contributed by atoms with E-state index in [-0.39, 0.29) is 18.3 Å². The zero-order valence-corrected chi connectivity index (χ0v) is 14.8. The van der Waals surface area contributed by atoms with Gasteiger partial charge in [0, 0.05) is 24.3 Å². The molecule has 1 saturated heterocycles. The first-order valence-electron chi connectivity index (χ1n) is 7.91. The lowest BCUT2D eigenvalue weighted by Crippen LogP contribution is -2.41. The van der Waals surface area contributed by atoms with Crippen LogP contribution in [0.15, 0.2) is 17.9 Å². The van der Waals surface area contributed by atoms with Gasteiger partial charge in [-0.3, -0.25) is 4.68 Å². The maximum atomic E-state index is 6.15. The fourth-order valence-electron chi connectivity index (χ4n) is 2.32. The van der Waals surface area contributed by atoms with Crippen molar-refractivity contribution in [2.24, 2.45) is 0 Å². The molecular weight excluding hydrogens is 277 g/mol. The molecule has 22 heavy (non-hydrogen) atoms. The first-order chi connectivity index (χ1) is 10.2. The van der Waals surface area contributed by atoms with Crippen molar-refractivity contribution >= 4 is 13.2 Å². The lowest BCUT2D eigenvalue weighted by atomic mass is 9.77. The maximum absolute atomic E-state index is 6.15. The zero-order valence-electron chi connectivity index (χ0n) is 14.8. The van der Waals surface area contributed by atoms with Crippen molar-refractivity contribution in [1.82, 2.24) is 15.1 Å². The standard InChI is InChI=1S/C16H28BN3O2/c1-12(2)20-11-13(9-19-20)8-14(10-18-7)17-21-15(3,4)16(5,6)22-17/h8-9,11-12,18H,10H2,1-7H3. The zero-order chi connectivity index (χ0) is 16.5. The molecule has 0 amide bonds. The van der Waals surface area contributed by atoms with E-state index < -0.39 is 0 Å². The van der Waals surface area contributed by atoms with Gasteiger partial charge in [-0.2, -0.15) is 5.10 Å². The summed E-state index contributed by atoms with van der Waals surface area (Å²) in [6.45, 7) is 13.2. The summed E-state index contributed by atoms with van der Waals surface area (Å²) < 4.78 is 14.2. The molecule has 0 bridgehead atoms. The second-order valence-corrected chi connectivity index (χ2v) is 7.19. The largest absolute Gasteiger partial charge is 0.491 e. The summed E-state index contributed by atoms with van der Waals surface area (Å²) in [4.78, 5) is 0. The molecule has 1 fully saturated rings. The maximum Gasteiger partial charge on any atom is 0.491 e. The normalized spacial score (nSPS) is 20.9. The topological polar surface area (TPSA) is 48.3 Å². The van der Waals surface area contributed by atoms with Crippen molar-refractivity contribution in [3.8, 4) is 0 Å². The van der Waals surface area contributed by atoms with Crippen LogP contribution in [0.25, 0.3) is 6.08 Å². The van der Waals surface area contributed by atoms with E-state index in [1.165, 1.54) is 0 Å². The van der Waals surface area contributed by atoms with Crippen LogP contribution in [0.4, 0.5) is 0 Å². The van der Waals surface area contributed by atoms with Crippen LogP contribution in [0.2, 0.25) is 0 Å². The van der Waals surface area contributed by atoms with Gasteiger partial charge in [0.05, 0.1) is 17.4 Å². The van der Waals surface area contributed by atoms with Crippen molar-refractivity contribution < 1.29 is 9.31 Å². The van der Waals surface area contributed by atoms with Gasteiger partial charge in [-0.15, -0.1) is 0 Å². The number of hydrogen-bond acceptors (Lipinski definition) is 4. The second kappa shape index (κ2) is 6.18. The molecule has 1 aliphatic rings. The minimum atomic E-state index is -0.333. The Kier molecular flexibility index (Phi) is 4.85. The minimum absolute atomic E-state index is 0.327. The van der Waals surface area contributed by atoms with Crippen molar-refractivity contribution in [2.45, 2.75) is 58.8 Å². The molecule has 2 heterocycles. The summed E-state index contributed by atoms with van der Waals surface area (Å²) in [5.41, 5.74) is 1.48. The highest BCUT2D eigenvalue weighted by Crippen LogP contribution is 2.38. The van der Waals surface area contributed by atoms with Gasteiger partial charge >= 0.3 is 7.12 Å². The van der Waals surface area contributed by atoms with E-state index in [2.05, 4.69) is 58.0 Å². The highest BCUT2D eigenvalue weighted by Gasteiger charge is 2.52. The molecule has 1 aromatic heterocycles. The van der Waals surface area contributed by atoms with Crippen LogP contribution in [0.3, 0.4) is 0 Å². The predicted molar refractivity (Wildman–Crippen MR) is 90.6 cm³/mol. The Morgan fingerprint density at radius 2 is 1.91 bits per heavy atom. The van der Waals surface area contributed by atoms with Gasteiger partial charge in [0.15, 0.2) is 0 Å². The third-order valence-corrected chi connectivity index (χ3v) is 4.44. The molecule has 0 spiro atoms. The number of likely N-dealkylation sites (N-methyl/N-ethyl adjacent to an activating group) is 1. The Hall–Kier alpha value is -1.11. The van der Waals surface area contributed by atoms with Gasteiger partial charge < -0.3 is 14.6 Å². The number of aromatic nitrogens is 2. The molecule has 1 aromatic rings. The Morgan fingerprint density at radius 1 is 1.32 bits per heavy atom. The molecule has 1 aliphatic heterocycles. The Balaban J connectivity index is 2.25. The van der Waals surface area contributed by atoms with Gasteiger partial charge in [-0.25, -0.2) is 0 Å². The van der Waals surface area contributed by atoms with E-state index in [1.807, 2.05) is 24.1 Å². The lowest BCUT2D eigenvalue weighted by molar-refractivity contribution is 0.00578. The first kappa shape index (κ1) is 17.3. The highest BCUT2D eigenvalue weighted by atomic mass is 16.7.